The minimum Gasteiger partial charge on any atom is -0.461 e. The molecular formula is C11H16O3. The van der Waals surface area contributed by atoms with Crippen molar-refractivity contribution in [1.29, 1.82) is 0 Å². The fourth-order valence-corrected chi connectivity index (χ4v) is 1.68. The lowest BCUT2D eigenvalue weighted by molar-refractivity contribution is 0.0755. The molecule has 2 rings (SSSR count). The number of furan rings is 1. The molecule has 2 atom stereocenters. The predicted molar refractivity (Wildman–Crippen MR) is 52.1 cm³/mol. The lowest BCUT2D eigenvalue weighted by atomic mass is 10.2. The van der Waals surface area contributed by atoms with Crippen LogP contribution in [-0.4, -0.2) is 13.7 Å². The van der Waals surface area contributed by atoms with Gasteiger partial charge in [-0.15, -0.1) is 0 Å². The quantitative estimate of drug-likeness (QED) is 0.745. The Hall–Kier alpha value is -0.800. The van der Waals surface area contributed by atoms with E-state index in [1.165, 1.54) is 0 Å². The topological polar surface area (TPSA) is 31.6 Å². The molecule has 0 saturated carbocycles. The van der Waals surface area contributed by atoms with Crippen LogP contribution in [0.5, 0.6) is 0 Å². The molecule has 78 valence electrons. The Morgan fingerprint density at radius 2 is 2.36 bits per heavy atom. The molecule has 0 bridgehead atoms. The number of hydrogen-bond donors (Lipinski definition) is 0. The summed E-state index contributed by atoms with van der Waals surface area (Å²) < 4.78 is 16.4. The molecule has 0 radical (unpaired) electrons. The lowest BCUT2D eigenvalue weighted by Crippen LogP contribution is -1.95. The van der Waals surface area contributed by atoms with E-state index in [2.05, 4.69) is 0 Å². The van der Waals surface area contributed by atoms with Crippen LogP contribution in [0.2, 0.25) is 0 Å². The zero-order chi connectivity index (χ0) is 9.97. The van der Waals surface area contributed by atoms with E-state index in [9.17, 15) is 0 Å². The van der Waals surface area contributed by atoms with Gasteiger partial charge in [0.15, 0.2) is 0 Å². The number of ether oxygens (including phenoxy) is 2. The zero-order valence-electron chi connectivity index (χ0n) is 8.66. The average Bonchev–Trinajstić information content (AvgIpc) is 2.86. The van der Waals surface area contributed by atoms with Gasteiger partial charge in [-0.05, 0) is 31.9 Å². The molecule has 1 aliphatic heterocycles. The van der Waals surface area contributed by atoms with E-state index < -0.39 is 0 Å². The predicted octanol–water partition coefficient (Wildman–Crippen LogP) is 2.84. The first-order chi connectivity index (χ1) is 6.81. The summed E-state index contributed by atoms with van der Waals surface area (Å²) in [5.74, 6) is 1.81. The molecule has 3 heteroatoms. The summed E-state index contributed by atoms with van der Waals surface area (Å²) in [7, 11) is 1.68. The Labute approximate surface area is 84.0 Å². The maximum Gasteiger partial charge on any atom is 0.133 e. The van der Waals surface area contributed by atoms with E-state index in [0.717, 1.165) is 31.0 Å². The number of rotatable bonds is 3. The maximum atomic E-state index is 5.67. The molecule has 2 heterocycles. The zero-order valence-corrected chi connectivity index (χ0v) is 8.66. The van der Waals surface area contributed by atoms with Gasteiger partial charge in [-0.25, -0.2) is 0 Å². The van der Waals surface area contributed by atoms with Gasteiger partial charge in [-0.3, -0.25) is 0 Å². The van der Waals surface area contributed by atoms with Crippen LogP contribution in [0.1, 0.15) is 43.5 Å². The van der Waals surface area contributed by atoms with Gasteiger partial charge < -0.3 is 13.9 Å². The van der Waals surface area contributed by atoms with Crippen molar-refractivity contribution in [2.45, 2.75) is 32.0 Å². The van der Waals surface area contributed by atoms with Gasteiger partial charge >= 0.3 is 0 Å². The first-order valence-corrected chi connectivity index (χ1v) is 5.05. The Morgan fingerprint density at radius 3 is 3.00 bits per heavy atom. The third kappa shape index (κ3) is 1.83. The van der Waals surface area contributed by atoms with Crippen LogP contribution in [-0.2, 0) is 9.47 Å². The van der Waals surface area contributed by atoms with Crippen molar-refractivity contribution >= 4 is 0 Å². The Balaban J connectivity index is 2.08. The summed E-state index contributed by atoms with van der Waals surface area (Å²) >= 11 is 0. The first-order valence-electron chi connectivity index (χ1n) is 5.05. The average molecular weight is 196 g/mol. The fourth-order valence-electron chi connectivity index (χ4n) is 1.68. The molecule has 1 aliphatic rings. The van der Waals surface area contributed by atoms with Crippen LogP contribution in [0.3, 0.4) is 0 Å². The molecule has 0 aromatic carbocycles. The summed E-state index contributed by atoms with van der Waals surface area (Å²) in [6.45, 7) is 2.82. The second-order valence-electron chi connectivity index (χ2n) is 3.62. The minimum atomic E-state index is 0.0187. The second-order valence-corrected chi connectivity index (χ2v) is 3.62. The summed E-state index contributed by atoms with van der Waals surface area (Å²) in [4.78, 5) is 0. The third-order valence-electron chi connectivity index (χ3n) is 2.65. The third-order valence-corrected chi connectivity index (χ3v) is 2.65. The SMILES string of the molecule is CO[C@@H](C)c1ccc([C@H]2CCCO2)o1. The molecule has 0 aliphatic carbocycles. The summed E-state index contributed by atoms with van der Waals surface area (Å²) in [6.07, 6.45) is 2.37. The van der Waals surface area contributed by atoms with E-state index in [1.54, 1.807) is 7.11 Å². The van der Waals surface area contributed by atoms with E-state index in [4.69, 9.17) is 13.9 Å². The molecule has 0 spiro atoms. The molecule has 0 unspecified atom stereocenters. The van der Waals surface area contributed by atoms with Crippen molar-refractivity contribution in [3.05, 3.63) is 23.7 Å². The highest BCUT2D eigenvalue weighted by molar-refractivity contribution is 5.11. The van der Waals surface area contributed by atoms with Gasteiger partial charge in [0.25, 0.3) is 0 Å². The molecule has 0 N–H and O–H groups in total. The summed E-state index contributed by atoms with van der Waals surface area (Å²) in [5, 5.41) is 0. The number of hydrogen-bond acceptors (Lipinski definition) is 3. The fraction of sp³-hybridized carbons (Fsp3) is 0.636. The Morgan fingerprint density at radius 1 is 1.50 bits per heavy atom. The smallest absolute Gasteiger partial charge is 0.133 e. The largest absolute Gasteiger partial charge is 0.461 e. The molecular weight excluding hydrogens is 180 g/mol. The first kappa shape index (κ1) is 9.74. The van der Waals surface area contributed by atoms with Crippen molar-refractivity contribution in [1.82, 2.24) is 0 Å². The van der Waals surface area contributed by atoms with E-state index >= 15 is 0 Å². The van der Waals surface area contributed by atoms with Crippen LogP contribution in [0, 0.1) is 0 Å². The molecule has 14 heavy (non-hydrogen) atoms. The normalized spacial score (nSPS) is 24.0. The van der Waals surface area contributed by atoms with E-state index in [1.807, 2.05) is 19.1 Å². The van der Waals surface area contributed by atoms with Crippen LogP contribution in [0.25, 0.3) is 0 Å². The molecule has 1 saturated heterocycles. The standard InChI is InChI=1S/C11H16O3/c1-8(12-2)9-5-6-11(14-9)10-4-3-7-13-10/h5-6,8,10H,3-4,7H2,1-2H3/t8-,10+/m0/s1. The van der Waals surface area contributed by atoms with Crippen LogP contribution >= 0.6 is 0 Å². The summed E-state index contributed by atoms with van der Waals surface area (Å²) in [5.41, 5.74) is 0. The monoisotopic (exact) mass is 196 g/mol. The lowest BCUT2D eigenvalue weighted by Gasteiger charge is -2.07. The Kier molecular flexibility index (Phi) is 2.89. The minimum absolute atomic E-state index is 0.0187. The van der Waals surface area contributed by atoms with Gasteiger partial charge in [0.2, 0.25) is 0 Å². The van der Waals surface area contributed by atoms with Crippen molar-refractivity contribution in [2.24, 2.45) is 0 Å². The van der Waals surface area contributed by atoms with Crippen molar-refractivity contribution in [3.63, 3.8) is 0 Å². The van der Waals surface area contributed by atoms with Gasteiger partial charge in [-0.1, -0.05) is 0 Å². The van der Waals surface area contributed by atoms with Gasteiger partial charge in [0, 0.05) is 13.7 Å². The van der Waals surface area contributed by atoms with Gasteiger partial charge in [0.05, 0.1) is 0 Å². The molecule has 3 nitrogen and oxygen atoms in total. The molecule has 1 aromatic rings. The highest BCUT2D eigenvalue weighted by atomic mass is 16.5. The van der Waals surface area contributed by atoms with Gasteiger partial charge in [0.1, 0.15) is 23.7 Å². The van der Waals surface area contributed by atoms with Gasteiger partial charge in [-0.2, -0.15) is 0 Å². The van der Waals surface area contributed by atoms with Crippen LogP contribution in [0.4, 0.5) is 0 Å². The van der Waals surface area contributed by atoms with Crippen molar-refractivity contribution < 1.29 is 13.9 Å². The van der Waals surface area contributed by atoms with Crippen LogP contribution in [0.15, 0.2) is 16.5 Å². The molecule has 1 aromatic heterocycles. The maximum absolute atomic E-state index is 5.67. The number of methoxy groups -OCH3 is 1. The second kappa shape index (κ2) is 4.15. The Bertz CT molecular complexity index is 286. The molecule has 0 amide bonds. The van der Waals surface area contributed by atoms with Crippen molar-refractivity contribution in [2.75, 3.05) is 13.7 Å². The van der Waals surface area contributed by atoms with Crippen LogP contribution < -0.4 is 0 Å². The highest BCUT2D eigenvalue weighted by Crippen LogP contribution is 2.31. The highest BCUT2D eigenvalue weighted by Gasteiger charge is 2.21. The summed E-state index contributed by atoms with van der Waals surface area (Å²) in [6, 6.07) is 3.95. The van der Waals surface area contributed by atoms with E-state index in [-0.39, 0.29) is 12.2 Å². The molecule has 1 fully saturated rings. The van der Waals surface area contributed by atoms with E-state index in [0.29, 0.717) is 0 Å². The van der Waals surface area contributed by atoms with Crippen molar-refractivity contribution in [3.8, 4) is 0 Å².